The lowest BCUT2D eigenvalue weighted by Gasteiger charge is -2.08. The van der Waals surface area contributed by atoms with Gasteiger partial charge in [0.2, 0.25) is 0 Å². The molecule has 0 atom stereocenters. The second kappa shape index (κ2) is 8.11. The summed E-state index contributed by atoms with van der Waals surface area (Å²) >= 11 is 3.47. The molecule has 1 rings (SSSR count). The number of nitrogens with one attached hydrogen (secondary N) is 1. The first kappa shape index (κ1) is 15.0. The van der Waals surface area contributed by atoms with Gasteiger partial charge in [0.1, 0.15) is 6.61 Å². The maximum absolute atomic E-state index is 11.0. The summed E-state index contributed by atoms with van der Waals surface area (Å²) in [5.74, 6) is -0.324. The van der Waals surface area contributed by atoms with E-state index < -0.39 is 0 Å². The SMILES string of the molecule is CCOC(=O)COCCNc1ccc(C)c(Br)c1. The van der Waals surface area contributed by atoms with Gasteiger partial charge in [0, 0.05) is 16.7 Å². The average Bonchev–Trinajstić information content (AvgIpc) is 2.33. The third-order valence-electron chi connectivity index (χ3n) is 2.27. The van der Waals surface area contributed by atoms with Crippen LogP contribution in [-0.2, 0) is 14.3 Å². The highest BCUT2D eigenvalue weighted by molar-refractivity contribution is 9.10. The Morgan fingerprint density at radius 1 is 1.44 bits per heavy atom. The van der Waals surface area contributed by atoms with Crippen LogP contribution in [0.15, 0.2) is 22.7 Å². The van der Waals surface area contributed by atoms with Crippen molar-refractivity contribution in [2.45, 2.75) is 13.8 Å². The first-order chi connectivity index (χ1) is 8.63. The molecule has 0 unspecified atom stereocenters. The van der Waals surface area contributed by atoms with Crippen LogP contribution in [0, 0.1) is 6.92 Å². The van der Waals surface area contributed by atoms with Crippen molar-refractivity contribution in [3.05, 3.63) is 28.2 Å². The number of benzene rings is 1. The molecule has 0 aliphatic carbocycles. The van der Waals surface area contributed by atoms with Gasteiger partial charge in [-0.2, -0.15) is 0 Å². The number of rotatable bonds is 7. The van der Waals surface area contributed by atoms with E-state index in [1.807, 2.05) is 25.1 Å². The van der Waals surface area contributed by atoms with Crippen LogP contribution in [-0.4, -0.2) is 32.3 Å². The molecule has 4 nitrogen and oxygen atoms in total. The fraction of sp³-hybridized carbons (Fsp3) is 0.462. The number of carbonyl (C=O) groups is 1. The third-order valence-corrected chi connectivity index (χ3v) is 3.13. The van der Waals surface area contributed by atoms with E-state index in [4.69, 9.17) is 9.47 Å². The van der Waals surface area contributed by atoms with Crippen molar-refractivity contribution < 1.29 is 14.3 Å². The number of anilines is 1. The fourth-order valence-corrected chi connectivity index (χ4v) is 1.71. The minimum Gasteiger partial charge on any atom is -0.464 e. The lowest BCUT2D eigenvalue weighted by molar-refractivity contribution is -0.148. The molecular weight excluding hydrogens is 298 g/mol. The Bertz CT molecular complexity index is 396. The molecule has 18 heavy (non-hydrogen) atoms. The van der Waals surface area contributed by atoms with Gasteiger partial charge in [0.15, 0.2) is 0 Å². The number of esters is 1. The molecule has 0 aliphatic heterocycles. The fourth-order valence-electron chi connectivity index (χ4n) is 1.33. The molecule has 0 radical (unpaired) electrons. The Hall–Kier alpha value is -1.07. The normalized spacial score (nSPS) is 10.2. The predicted molar refractivity (Wildman–Crippen MR) is 74.8 cm³/mol. The number of ether oxygens (including phenoxy) is 2. The van der Waals surface area contributed by atoms with E-state index in [0.29, 0.717) is 19.8 Å². The maximum atomic E-state index is 11.0. The smallest absolute Gasteiger partial charge is 0.332 e. The van der Waals surface area contributed by atoms with E-state index in [9.17, 15) is 4.79 Å². The Balaban J connectivity index is 2.18. The van der Waals surface area contributed by atoms with Crippen LogP contribution in [0.3, 0.4) is 0 Å². The average molecular weight is 316 g/mol. The molecule has 0 heterocycles. The van der Waals surface area contributed by atoms with Crippen LogP contribution in [0.1, 0.15) is 12.5 Å². The van der Waals surface area contributed by atoms with Gasteiger partial charge in [0.25, 0.3) is 0 Å². The lowest BCUT2D eigenvalue weighted by Crippen LogP contribution is -2.16. The maximum Gasteiger partial charge on any atom is 0.332 e. The summed E-state index contributed by atoms with van der Waals surface area (Å²) in [4.78, 5) is 11.0. The van der Waals surface area contributed by atoms with Gasteiger partial charge in [0.05, 0.1) is 13.2 Å². The molecule has 5 heteroatoms. The van der Waals surface area contributed by atoms with Gasteiger partial charge in [-0.1, -0.05) is 22.0 Å². The van der Waals surface area contributed by atoms with Crippen molar-refractivity contribution in [2.24, 2.45) is 0 Å². The summed E-state index contributed by atoms with van der Waals surface area (Å²) in [7, 11) is 0. The zero-order valence-electron chi connectivity index (χ0n) is 10.7. The molecular formula is C13H18BrNO3. The van der Waals surface area contributed by atoms with Gasteiger partial charge in [-0.05, 0) is 31.5 Å². The summed E-state index contributed by atoms with van der Waals surface area (Å²) in [6, 6.07) is 6.05. The topological polar surface area (TPSA) is 47.6 Å². The second-order valence-corrected chi connectivity index (χ2v) is 4.60. The van der Waals surface area contributed by atoms with Crippen LogP contribution in [0.2, 0.25) is 0 Å². The first-order valence-electron chi connectivity index (χ1n) is 5.87. The number of aryl methyl sites for hydroxylation is 1. The molecule has 100 valence electrons. The van der Waals surface area contributed by atoms with Crippen LogP contribution < -0.4 is 5.32 Å². The molecule has 0 fully saturated rings. The zero-order valence-corrected chi connectivity index (χ0v) is 12.2. The molecule has 0 aliphatic rings. The van der Waals surface area contributed by atoms with E-state index >= 15 is 0 Å². The summed E-state index contributed by atoms with van der Waals surface area (Å²) in [6.45, 7) is 5.31. The Labute approximate surface area is 116 Å². The highest BCUT2D eigenvalue weighted by Gasteiger charge is 2.01. The molecule has 0 bridgehead atoms. The Kier molecular flexibility index (Phi) is 6.75. The van der Waals surface area contributed by atoms with E-state index in [0.717, 1.165) is 10.2 Å². The van der Waals surface area contributed by atoms with Crippen molar-refractivity contribution >= 4 is 27.6 Å². The molecule has 1 aromatic rings. The van der Waals surface area contributed by atoms with Crippen LogP contribution in [0.4, 0.5) is 5.69 Å². The van der Waals surface area contributed by atoms with E-state index in [1.54, 1.807) is 6.92 Å². The summed E-state index contributed by atoms with van der Waals surface area (Å²) in [5.41, 5.74) is 2.21. The quantitative estimate of drug-likeness (QED) is 0.621. The third kappa shape index (κ3) is 5.51. The van der Waals surface area contributed by atoms with Crippen LogP contribution in [0.5, 0.6) is 0 Å². The Morgan fingerprint density at radius 3 is 2.89 bits per heavy atom. The molecule has 1 N–H and O–H groups in total. The predicted octanol–water partition coefficient (Wildman–Crippen LogP) is 2.75. The summed E-state index contributed by atoms with van der Waals surface area (Å²) in [5, 5.41) is 3.21. The molecule has 0 saturated heterocycles. The zero-order chi connectivity index (χ0) is 13.4. The lowest BCUT2D eigenvalue weighted by atomic mass is 10.2. The standard InChI is InChI=1S/C13H18BrNO3/c1-3-18-13(16)9-17-7-6-15-11-5-4-10(2)12(14)8-11/h4-5,8,15H,3,6-7,9H2,1-2H3. The highest BCUT2D eigenvalue weighted by Crippen LogP contribution is 2.20. The van der Waals surface area contributed by atoms with E-state index in [2.05, 4.69) is 21.2 Å². The molecule has 1 aromatic carbocycles. The van der Waals surface area contributed by atoms with Crippen molar-refractivity contribution in [3.8, 4) is 0 Å². The number of hydrogen-bond donors (Lipinski definition) is 1. The van der Waals surface area contributed by atoms with Gasteiger partial charge in [-0.25, -0.2) is 4.79 Å². The summed E-state index contributed by atoms with van der Waals surface area (Å²) < 4.78 is 11.0. The van der Waals surface area contributed by atoms with E-state index in [1.165, 1.54) is 5.56 Å². The van der Waals surface area contributed by atoms with Crippen molar-refractivity contribution in [1.82, 2.24) is 0 Å². The second-order valence-electron chi connectivity index (χ2n) is 3.75. The largest absolute Gasteiger partial charge is 0.464 e. The summed E-state index contributed by atoms with van der Waals surface area (Å²) in [6.07, 6.45) is 0. The van der Waals surface area contributed by atoms with E-state index in [-0.39, 0.29) is 12.6 Å². The molecule has 0 spiro atoms. The van der Waals surface area contributed by atoms with Crippen molar-refractivity contribution in [1.29, 1.82) is 0 Å². The molecule has 0 saturated carbocycles. The van der Waals surface area contributed by atoms with Gasteiger partial charge >= 0.3 is 5.97 Å². The van der Waals surface area contributed by atoms with Crippen molar-refractivity contribution in [2.75, 3.05) is 31.7 Å². The van der Waals surface area contributed by atoms with Gasteiger partial charge < -0.3 is 14.8 Å². The van der Waals surface area contributed by atoms with Crippen molar-refractivity contribution in [3.63, 3.8) is 0 Å². The molecule has 0 amide bonds. The van der Waals surface area contributed by atoms with Gasteiger partial charge in [-0.3, -0.25) is 0 Å². The minimum atomic E-state index is -0.324. The van der Waals surface area contributed by atoms with Gasteiger partial charge in [-0.15, -0.1) is 0 Å². The van der Waals surface area contributed by atoms with Crippen LogP contribution in [0.25, 0.3) is 0 Å². The molecule has 0 aromatic heterocycles. The first-order valence-corrected chi connectivity index (χ1v) is 6.66. The number of halogens is 1. The minimum absolute atomic E-state index is 0.00706. The number of carbonyl (C=O) groups excluding carboxylic acids is 1. The monoisotopic (exact) mass is 315 g/mol. The Morgan fingerprint density at radius 2 is 2.22 bits per heavy atom. The number of hydrogen-bond acceptors (Lipinski definition) is 4. The van der Waals surface area contributed by atoms with Crippen LogP contribution >= 0.6 is 15.9 Å². The highest BCUT2D eigenvalue weighted by atomic mass is 79.9.